The van der Waals surface area contributed by atoms with Crippen molar-refractivity contribution in [2.75, 3.05) is 0 Å². The van der Waals surface area contributed by atoms with Crippen molar-refractivity contribution in [2.45, 2.75) is 31.5 Å². The fraction of sp³-hybridized carbons (Fsp3) is 0.818. The molecule has 0 aromatic heterocycles. The quantitative estimate of drug-likeness (QED) is 0.545. The normalized spacial score (nSPS) is 63.2. The number of rotatable bonds is 0. The molecule has 0 aromatic carbocycles. The number of aliphatic hydroxyl groups excluding tert-OH is 1. The standard InChI is InChI=1S/C11H16O2/c1-11(13)5-8-6-2-3-7(4-6)9(8)10(11)12/h2-3,6-10,12-13H,4-5H2,1H3/t6-,7-,8-,9+,10-,11+/m0/s1. The SMILES string of the molecule is C[C@@]1(O)C[C@@H]2[C@@H]([C@H]3C=C[C@H]2C3)[C@@H]1O. The molecule has 6 atom stereocenters. The van der Waals surface area contributed by atoms with Gasteiger partial charge < -0.3 is 10.2 Å². The van der Waals surface area contributed by atoms with Crippen molar-refractivity contribution in [1.82, 2.24) is 0 Å². The van der Waals surface area contributed by atoms with Gasteiger partial charge in [0.05, 0.1) is 11.7 Å². The molecule has 0 heterocycles. The van der Waals surface area contributed by atoms with Crippen LogP contribution >= 0.6 is 0 Å². The molecular weight excluding hydrogens is 164 g/mol. The Hall–Kier alpha value is -0.340. The molecule has 2 bridgehead atoms. The van der Waals surface area contributed by atoms with Gasteiger partial charge in [0.25, 0.3) is 0 Å². The average molecular weight is 180 g/mol. The van der Waals surface area contributed by atoms with Crippen molar-refractivity contribution in [3.8, 4) is 0 Å². The van der Waals surface area contributed by atoms with Gasteiger partial charge in [-0.25, -0.2) is 0 Å². The molecule has 0 spiro atoms. The lowest BCUT2D eigenvalue weighted by Gasteiger charge is -2.26. The monoisotopic (exact) mass is 180 g/mol. The van der Waals surface area contributed by atoms with Crippen LogP contribution in [-0.4, -0.2) is 21.9 Å². The molecule has 3 aliphatic rings. The molecule has 2 heteroatoms. The lowest BCUT2D eigenvalue weighted by atomic mass is 9.85. The summed E-state index contributed by atoms with van der Waals surface area (Å²) in [5.74, 6) is 2.06. The van der Waals surface area contributed by atoms with Crippen LogP contribution < -0.4 is 0 Å². The highest BCUT2D eigenvalue weighted by molar-refractivity contribution is 5.20. The van der Waals surface area contributed by atoms with Crippen LogP contribution in [0.5, 0.6) is 0 Å². The molecule has 2 saturated carbocycles. The summed E-state index contributed by atoms with van der Waals surface area (Å²) >= 11 is 0. The number of hydrogen-bond acceptors (Lipinski definition) is 2. The van der Waals surface area contributed by atoms with Crippen molar-refractivity contribution in [3.05, 3.63) is 12.2 Å². The van der Waals surface area contributed by atoms with Crippen molar-refractivity contribution in [2.24, 2.45) is 23.7 Å². The van der Waals surface area contributed by atoms with Gasteiger partial charge in [-0.3, -0.25) is 0 Å². The van der Waals surface area contributed by atoms with Crippen molar-refractivity contribution >= 4 is 0 Å². The highest BCUT2D eigenvalue weighted by Gasteiger charge is 2.58. The molecule has 72 valence electrons. The molecule has 2 N–H and O–H groups in total. The summed E-state index contributed by atoms with van der Waals surface area (Å²) < 4.78 is 0. The third-order valence-electron chi connectivity index (χ3n) is 4.34. The fourth-order valence-corrected chi connectivity index (χ4v) is 3.73. The van der Waals surface area contributed by atoms with Crippen LogP contribution in [0.25, 0.3) is 0 Å². The molecule has 2 nitrogen and oxygen atoms in total. The minimum atomic E-state index is -0.835. The van der Waals surface area contributed by atoms with Gasteiger partial charge in [0.2, 0.25) is 0 Å². The summed E-state index contributed by atoms with van der Waals surface area (Å²) in [5, 5.41) is 19.9. The van der Waals surface area contributed by atoms with E-state index in [0.29, 0.717) is 23.7 Å². The first-order valence-electron chi connectivity index (χ1n) is 5.18. The maximum absolute atomic E-state index is 9.97. The second-order valence-corrected chi connectivity index (χ2v) is 5.20. The number of hydrogen-bond donors (Lipinski definition) is 2. The highest BCUT2D eigenvalue weighted by Crippen LogP contribution is 2.57. The Morgan fingerprint density at radius 2 is 2.00 bits per heavy atom. The van der Waals surface area contributed by atoms with Crippen LogP contribution in [-0.2, 0) is 0 Å². The summed E-state index contributed by atoms with van der Waals surface area (Å²) in [6.07, 6.45) is 6.00. The van der Waals surface area contributed by atoms with Crippen molar-refractivity contribution in [3.63, 3.8) is 0 Å². The highest BCUT2D eigenvalue weighted by atomic mass is 16.3. The zero-order valence-corrected chi connectivity index (χ0v) is 7.85. The van der Waals surface area contributed by atoms with E-state index in [1.54, 1.807) is 6.92 Å². The van der Waals surface area contributed by atoms with Gasteiger partial charge in [0.15, 0.2) is 0 Å². The maximum Gasteiger partial charge on any atom is 0.0883 e. The summed E-state index contributed by atoms with van der Waals surface area (Å²) in [7, 11) is 0. The van der Waals surface area contributed by atoms with E-state index >= 15 is 0 Å². The van der Waals surface area contributed by atoms with Gasteiger partial charge >= 0.3 is 0 Å². The van der Waals surface area contributed by atoms with Gasteiger partial charge in [-0.15, -0.1) is 0 Å². The van der Waals surface area contributed by atoms with E-state index in [4.69, 9.17) is 0 Å². The Kier molecular flexibility index (Phi) is 1.34. The van der Waals surface area contributed by atoms with E-state index in [0.717, 1.165) is 6.42 Å². The lowest BCUT2D eigenvalue weighted by Crippen LogP contribution is -2.38. The number of fused-ring (bicyclic) bond motifs is 5. The Morgan fingerprint density at radius 3 is 2.69 bits per heavy atom. The van der Waals surface area contributed by atoms with Crippen LogP contribution in [0.3, 0.4) is 0 Å². The van der Waals surface area contributed by atoms with E-state index in [1.807, 2.05) is 0 Å². The van der Waals surface area contributed by atoms with Crippen LogP contribution in [0.1, 0.15) is 19.8 Å². The molecule has 0 aliphatic heterocycles. The van der Waals surface area contributed by atoms with Crippen molar-refractivity contribution in [1.29, 1.82) is 0 Å². The maximum atomic E-state index is 9.97. The topological polar surface area (TPSA) is 40.5 Å². The first kappa shape index (κ1) is 8.01. The first-order chi connectivity index (χ1) is 6.09. The van der Waals surface area contributed by atoms with E-state index in [2.05, 4.69) is 12.2 Å². The zero-order chi connectivity index (χ0) is 9.22. The molecule has 0 unspecified atom stereocenters. The minimum Gasteiger partial charge on any atom is -0.390 e. The van der Waals surface area contributed by atoms with E-state index in [1.165, 1.54) is 6.42 Å². The molecule has 3 aliphatic carbocycles. The molecule has 3 rings (SSSR count). The van der Waals surface area contributed by atoms with Gasteiger partial charge in [0, 0.05) is 0 Å². The molecule has 0 amide bonds. The predicted molar refractivity (Wildman–Crippen MR) is 49.0 cm³/mol. The van der Waals surface area contributed by atoms with Gasteiger partial charge in [-0.2, -0.15) is 0 Å². The van der Waals surface area contributed by atoms with Crippen LogP contribution in [0, 0.1) is 23.7 Å². The van der Waals surface area contributed by atoms with Crippen LogP contribution in [0.4, 0.5) is 0 Å². The van der Waals surface area contributed by atoms with Crippen LogP contribution in [0.15, 0.2) is 12.2 Å². The second kappa shape index (κ2) is 2.18. The number of aliphatic hydroxyl groups is 2. The predicted octanol–water partition coefficient (Wildman–Crippen LogP) is 0.940. The van der Waals surface area contributed by atoms with Gasteiger partial charge in [-0.05, 0) is 43.4 Å². The summed E-state index contributed by atoms with van der Waals surface area (Å²) in [5.41, 5.74) is -0.835. The Balaban J connectivity index is 1.96. The Bertz CT molecular complexity index is 269. The number of allylic oxidation sites excluding steroid dienone is 2. The van der Waals surface area contributed by atoms with Crippen LogP contribution in [0.2, 0.25) is 0 Å². The Labute approximate surface area is 78.3 Å². The molecule has 0 aromatic rings. The van der Waals surface area contributed by atoms with Gasteiger partial charge in [-0.1, -0.05) is 12.2 Å². The largest absolute Gasteiger partial charge is 0.390 e. The van der Waals surface area contributed by atoms with Gasteiger partial charge in [0.1, 0.15) is 0 Å². The second-order valence-electron chi connectivity index (χ2n) is 5.20. The summed E-state index contributed by atoms with van der Waals surface area (Å²) in [6, 6.07) is 0. The molecule has 0 saturated heterocycles. The zero-order valence-electron chi connectivity index (χ0n) is 7.85. The third kappa shape index (κ3) is 0.856. The average Bonchev–Trinajstić information content (AvgIpc) is 2.65. The molecule has 0 radical (unpaired) electrons. The lowest BCUT2D eigenvalue weighted by molar-refractivity contribution is -0.0589. The summed E-state index contributed by atoms with van der Waals surface area (Å²) in [4.78, 5) is 0. The minimum absolute atomic E-state index is 0.338. The smallest absolute Gasteiger partial charge is 0.0883 e. The van der Waals surface area contributed by atoms with E-state index in [-0.39, 0.29) is 0 Å². The summed E-state index contributed by atoms with van der Waals surface area (Å²) in [6.45, 7) is 1.77. The Morgan fingerprint density at radius 1 is 1.31 bits per heavy atom. The van der Waals surface area contributed by atoms with E-state index in [9.17, 15) is 10.2 Å². The van der Waals surface area contributed by atoms with E-state index < -0.39 is 11.7 Å². The molecular formula is C11H16O2. The van der Waals surface area contributed by atoms with Crippen molar-refractivity contribution < 1.29 is 10.2 Å². The molecule has 13 heavy (non-hydrogen) atoms. The first-order valence-corrected chi connectivity index (χ1v) is 5.18. The fourth-order valence-electron chi connectivity index (χ4n) is 3.73. The third-order valence-corrected chi connectivity index (χ3v) is 4.34. The molecule has 2 fully saturated rings.